The van der Waals surface area contributed by atoms with Crippen LogP contribution in [0.2, 0.25) is 0 Å². The van der Waals surface area contributed by atoms with Gasteiger partial charge in [-0.05, 0) is 24.0 Å². The number of rotatable bonds is 0. The fourth-order valence-electron chi connectivity index (χ4n) is 2.69. The molecule has 0 heterocycles. The van der Waals surface area contributed by atoms with E-state index in [1.807, 2.05) is 36.5 Å². The van der Waals surface area contributed by atoms with Gasteiger partial charge in [0.15, 0.2) is 0 Å². The lowest BCUT2D eigenvalue weighted by Crippen LogP contribution is -2.39. The monoisotopic (exact) mass is 212 g/mol. The Morgan fingerprint density at radius 3 is 1.69 bits per heavy atom. The van der Waals surface area contributed by atoms with Crippen molar-refractivity contribution < 1.29 is 9.59 Å². The summed E-state index contributed by atoms with van der Waals surface area (Å²) in [5.41, 5.74) is 2.11. The second kappa shape index (κ2) is 3.41. The van der Waals surface area contributed by atoms with Gasteiger partial charge in [0.1, 0.15) is 0 Å². The molecule has 0 spiro atoms. The van der Waals surface area contributed by atoms with E-state index in [0.29, 0.717) is 12.8 Å². The van der Waals surface area contributed by atoms with E-state index < -0.39 is 0 Å². The summed E-state index contributed by atoms with van der Waals surface area (Å²) in [6.45, 7) is 0. The largest absolute Gasteiger partial charge is 0.290 e. The van der Waals surface area contributed by atoms with Crippen LogP contribution in [0.15, 0.2) is 47.6 Å². The molecule has 0 aromatic carbocycles. The van der Waals surface area contributed by atoms with Crippen LogP contribution in [0.1, 0.15) is 12.8 Å². The van der Waals surface area contributed by atoms with Crippen LogP contribution in [0.5, 0.6) is 0 Å². The van der Waals surface area contributed by atoms with Crippen LogP contribution >= 0.6 is 0 Å². The molecule has 3 aliphatic rings. The highest BCUT2D eigenvalue weighted by atomic mass is 16.2. The van der Waals surface area contributed by atoms with Crippen molar-refractivity contribution in [1.29, 1.82) is 0 Å². The molecule has 2 heteroatoms. The lowest BCUT2D eigenvalue weighted by Gasteiger charge is -2.33. The summed E-state index contributed by atoms with van der Waals surface area (Å²) >= 11 is 0. The van der Waals surface area contributed by atoms with Gasteiger partial charge < -0.3 is 0 Å². The molecular weight excluding hydrogens is 200 g/mol. The van der Waals surface area contributed by atoms with Crippen LogP contribution in [0.25, 0.3) is 0 Å². The van der Waals surface area contributed by atoms with Crippen molar-refractivity contribution in [2.75, 3.05) is 0 Å². The van der Waals surface area contributed by atoms with E-state index in [1.54, 1.807) is 0 Å². The first-order valence-electron chi connectivity index (χ1n) is 5.61. The standard InChI is InChI=1S/C14H12O2/c15-13-11-7-3-1-5-9(11)10-6-2-4-8-12(10)14(13)16/h1-6,11-12H,7-8H2. The Hall–Kier alpha value is -1.70. The summed E-state index contributed by atoms with van der Waals surface area (Å²) in [6, 6.07) is 0. The van der Waals surface area contributed by atoms with Crippen LogP contribution < -0.4 is 0 Å². The van der Waals surface area contributed by atoms with Crippen LogP contribution in [0.4, 0.5) is 0 Å². The van der Waals surface area contributed by atoms with Crippen molar-refractivity contribution in [3.63, 3.8) is 0 Å². The molecule has 3 aliphatic carbocycles. The molecule has 0 radical (unpaired) electrons. The molecule has 0 aromatic heterocycles. The van der Waals surface area contributed by atoms with Crippen LogP contribution in [0.3, 0.4) is 0 Å². The van der Waals surface area contributed by atoms with Crippen molar-refractivity contribution in [1.82, 2.24) is 0 Å². The fourth-order valence-corrected chi connectivity index (χ4v) is 2.69. The van der Waals surface area contributed by atoms with Gasteiger partial charge in [-0.3, -0.25) is 9.59 Å². The predicted molar refractivity (Wildman–Crippen MR) is 60.7 cm³/mol. The quantitative estimate of drug-likeness (QED) is 0.576. The van der Waals surface area contributed by atoms with Gasteiger partial charge >= 0.3 is 0 Å². The molecule has 0 aromatic rings. The van der Waals surface area contributed by atoms with Gasteiger partial charge in [0.05, 0.1) is 11.8 Å². The zero-order valence-corrected chi connectivity index (χ0v) is 8.85. The first-order valence-corrected chi connectivity index (χ1v) is 5.61. The SMILES string of the molecule is O=C1C(=O)C2CC=CC=C2C2=CC=CCC12. The Morgan fingerprint density at radius 1 is 0.812 bits per heavy atom. The summed E-state index contributed by atoms with van der Waals surface area (Å²) < 4.78 is 0. The van der Waals surface area contributed by atoms with E-state index in [0.717, 1.165) is 11.1 Å². The Bertz CT molecular complexity index is 443. The molecule has 1 saturated carbocycles. The molecular formula is C14H12O2. The maximum Gasteiger partial charge on any atom is 0.206 e. The second-order valence-corrected chi connectivity index (χ2v) is 4.41. The second-order valence-electron chi connectivity index (χ2n) is 4.41. The summed E-state index contributed by atoms with van der Waals surface area (Å²) in [4.78, 5) is 23.9. The Balaban J connectivity index is 2.14. The number of fused-ring (bicyclic) bond motifs is 3. The molecule has 16 heavy (non-hydrogen) atoms. The minimum Gasteiger partial charge on any atom is -0.290 e. The number of hydrogen-bond acceptors (Lipinski definition) is 2. The van der Waals surface area contributed by atoms with Gasteiger partial charge in [0, 0.05) is 0 Å². The molecule has 0 aliphatic heterocycles. The lowest BCUT2D eigenvalue weighted by molar-refractivity contribution is -0.140. The van der Waals surface area contributed by atoms with Gasteiger partial charge in [-0.2, -0.15) is 0 Å². The van der Waals surface area contributed by atoms with Crippen LogP contribution in [0, 0.1) is 11.8 Å². The third-order valence-corrected chi connectivity index (χ3v) is 3.53. The van der Waals surface area contributed by atoms with Crippen molar-refractivity contribution in [3.8, 4) is 0 Å². The average molecular weight is 212 g/mol. The van der Waals surface area contributed by atoms with E-state index in [-0.39, 0.29) is 23.4 Å². The smallest absolute Gasteiger partial charge is 0.206 e. The molecule has 2 nitrogen and oxygen atoms in total. The van der Waals surface area contributed by atoms with Gasteiger partial charge in [0.2, 0.25) is 11.6 Å². The minimum atomic E-state index is -0.216. The Kier molecular flexibility index (Phi) is 2.03. The van der Waals surface area contributed by atoms with Gasteiger partial charge in [-0.1, -0.05) is 36.5 Å². The molecule has 3 rings (SSSR count). The highest BCUT2D eigenvalue weighted by Crippen LogP contribution is 2.40. The number of carbonyl (C=O) groups is 2. The van der Waals surface area contributed by atoms with Crippen LogP contribution in [-0.2, 0) is 9.59 Å². The molecule has 0 amide bonds. The summed E-state index contributed by atoms with van der Waals surface area (Å²) in [7, 11) is 0. The summed E-state index contributed by atoms with van der Waals surface area (Å²) in [5.74, 6) is -0.834. The number of Topliss-reactive ketones (excluding diaryl/α,β-unsaturated/α-hetero) is 2. The molecule has 1 fully saturated rings. The fraction of sp³-hybridized carbons (Fsp3) is 0.286. The highest BCUT2D eigenvalue weighted by molar-refractivity contribution is 6.41. The first kappa shape index (κ1) is 9.52. The molecule has 0 N–H and O–H groups in total. The molecule has 80 valence electrons. The van der Waals surface area contributed by atoms with E-state index in [9.17, 15) is 9.59 Å². The van der Waals surface area contributed by atoms with Crippen molar-refractivity contribution in [3.05, 3.63) is 47.6 Å². The van der Waals surface area contributed by atoms with Crippen LogP contribution in [-0.4, -0.2) is 11.6 Å². The first-order chi connectivity index (χ1) is 7.79. The molecule has 2 atom stereocenters. The third kappa shape index (κ3) is 1.19. The van der Waals surface area contributed by atoms with E-state index in [4.69, 9.17) is 0 Å². The maximum absolute atomic E-state index is 11.9. The third-order valence-electron chi connectivity index (χ3n) is 3.53. The molecule has 0 bridgehead atoms. The Labute approximate surface area is 94.0 Å². The van der Waals surface area contributed by atoms with Crippen molar-refractivity contribution in [2.24, 2.45) is 11.8 Å². The zero-order valence-electron chi connectivity index (χ0n) is 8.85. The highest BCUT2D eigenvalue weighted by Gasteiger charge is 2.42. The molecule has 0 saturated heterocycles. The van der Waals surface area contributed by atoms with Crippen molar-refractivity contribution in [2.45, 2.75) is 12.8 Å². The zero-order chi connectivity index (χ0) is 11.1. The van der Waals surface area contributed by atoms with E-state index in [1.165, 1.54) is 0 Å². The maximum atomic E-state index is 11.9. The summed E-state index contributed by atoms with van der Waals surface area (Å²) in [5, 5.41) is 0. The average Bonchev–Trinajstić information content (AvgIpc) is 2.36. The number of ketones is 2. The number of carbonyl (C=O) groups excluding carboxylic acids is 2. The summed E-state index contributed by atoms with van der Waals surface area (Å²) in [6.07, 6.45) is 13.2. The number of hydrogen-bond donors (Lipinski definition) is 0. The normalized spacial score (nSPS) is 31.8. The topological polar surface area (TPSA) is 34.1 Å². The predicted octanol–water partition coefficient (Wildman–Crippen LogP) is 2.14. The van der Waals surface area contributed by atoms with E-state index >= 15 is 0 Å². The lowest BCUT2D eigenvalue weighted by atomic mass is 9.68. The number of allylic oxidation sites excluding steroid dienone is 8. The van der Waals surface area contributed by atoms with Crippen molar-refractivity contribution >= 4 is 11.6 Å². The van der Waals surface area contributed by atoms with Gasteiger partial charge in [-0.15, -0.1) is 0 Å². The van der Waals surface area contributed by atoms with Gasteiger partial charge in [0.25, 0.3) is 0 Å². The van der Waals surface area contributed by atoms with Gasteiger partial charge in [-0.25, -0.2) is 0 Å². The van der Waals surface area contributed by atoms with E-state index in [2.05, 4.69) is 0 Å². The minimum absolute atomic E-state index is 0.201. The Morgan fingerprint density at radius 2 is 1.25 bits per heavy atom. The molecule has 2 unspecified atom stereocenters.